The number of rotatable bonds is 5. The van der Waals surface area contributed by atoms with Crippen molar-refractivity contribution in [3.8, 4) is 11.5 Å². The minimum atomic E-state index is 0.542. The number of nitrogens with zero attached hydrogens (tertiary/aromatic N) is 3. The molecular formula is C19H16N4OS. The Balaban J connectivity index is 1.80. The summed E-state index contributed by atoms with van der Waals surface area (Å²) in [4.78, 5) is 8.57. The maximum atomic E-state index is 5.53. The van der Waals surface area contributed by atoms with E-state index in [1.807, 2.05) is 48.1 Å². The van der Waals surface area contributed by atoms with Crippen LogP contribution in [0.5, 0.6) is 0 Å². The van der Waals surface area contributed by atoms with Gasteiger partial charge in [-0.15, -0.1) is 17.9 Å². The third-order valence-corrected chi connectivity index (χ3v) is 4.60. The van der Waals surface area contributed by atoms with Gasteiger partial charge in [-0.3, -0.25) is 4.99 Å². The highest BCUT2D eigenvalue weighted by Gasteiger charge is 2.10. The van der Waals surface area contributed by atoms with E-state index in [9.17, 15) is 0 Å². The molecule has 124 valence electrons. The van der Waals surface area contributed by atoms with Crippen molar-refractivity contribution >= 4 is 28.5 Å². The Kier molecular flexibility index (Phi) is 4.18. The monoisotopic (exact) mass is 348 g/mol. The smallest absolute Gasteiger partial charge is 0.206 e. The number of para-hydroxylation sites is 1. The Bertz CT molecular complexity index is 1100. The van der Waals surface area contributed by atoms with E-state index in [1.165, 1.54) is 11.3 Å². The van der Waals surface area contributed by atoms with Gasteiger partial charge in [0.25, 0.3) is 0 Å². The van der Waals surface area contributed by atoms with Crippen LogP contribution in [0.15, 0.2) is 81.4 Å². The van der Waals surface area contributed by atoms with E-state index in [0.717, 1.165) is 32.7 Å². The average molecular weight is 348 g/mol. The summed E-state index contributed by atoms with van der Waals surface area (Å²) in [7, 11) is 0. The van der Waals surface area contributed by atoms with E-state index in [-0.39, 0.29) is 0 Å². The first-order chi connectivity index (χ1) is 12.4. The number of benzene rings is 1. The van der Waals surface area contributed by atoms with Crippen molar-refractivity contribution in [1.82, 2.24) is 9.66 Å². The summed E-state index contributed by atoms with van der Waals surface area (Å²) >= 11 is 1.52. The molecule has 0 aliphatic rings. The predicted octanol–water partition coefficient (Wildman–Crippen LogP) is 4.26. The van der Waals surface area contributed by atoms with E-state index in [1.54, 1.807) is 17.0 Å². The maximum Gasteiger partial charge on any atom is 0.206 e. The second kappa shape index (κ2) is 6.78. The van der Waals surface area contributed by atoms with Gasteiger partial charge in [-0.1, -0.05) is 24.3 Å². The molecule has 1 aromatic carbocycles. The van der Waals surface area contributed by atoms with E-state index in [4.69, 9.17) is 4.42 Å². The third kappa shape index (κ3) is 2.99. The Morgan fingerprint density at radius 1 is 1.24 bits per heavy atom. The fourth-order valence-electron chi connectivity index (χ4n) is 2.58. The highest BCUT2D eigenvalue weighted by Crippen LogP contribution is 2.21. The molecule has 1 N–H and O–H groups in total. The fourth-order valence-corrected chi connectivity index (χ4v) is 3.40. The van der Waals surface area contributed by atoms with Crippen LogP contribution in [0.3, 0.4) is 0 Å². The van der Waals surface area contributed by atoms with Crippen LogP contribution in [-0.4, -0.2) is 22.4 Å². The lowest BCUT2D eigenvalue weighted by Gasteiger charge is -2.00. The van der Waals surface area contributed by atoms with Crippen LogP contribution in [0.25, 0.3) is 22.4 Å². The van der Waals surface area contributed by atoms with E-state index in [0.29, 0.717) is 6.54 Å². The zero-order chi connectivity index (χ0) is 17.1. The molecule has 0 unspecified atom stereocenters. The lowest BCUT2D eigenvalue weighted by Crippen LogP contribution is -2.12. The molecule has 25 heavy (non-hydrogen) atoms. The van der Waals surface area contributed by atoms with Gasteiger partial charge in [-0.2, -0.15) is 5.10 Å². The Morgan fingerprint density at radius 2 is 2.16 bits per heavy atom. The van der Waals surface area contributed by atoms with Crippen LogP contribution in [0.2, 0.25) is 0 Å². The van der Waals surface area contributed by atoms with Crippen molar-refractivity contribution in [2.45, 2.75) is 0 Å². The second-order valence-corrected chi connectivity index (χ2v) is 6.19. The van der Waals surface area contributed by atoms with Crippen LogP contribution in [0.4, 0.5) is 0 Å². The molecule has 0 spiro atoms. The molecule has 0 saturated heterocycles. The minimum Gasteiger partial charge on any atom is -0.463 e. The first-order valence-corrected chi connectivity index (χ1v) is 8.71. The SMILES string of the molecule is C=CCN=c1scc(-c2ccco2)n1N=Cc1c[nH]c2ccccc12. The van der Waals surface area contributed by atoms with Gasteiger partial charge in [0, 0.05) is 28.0 Å². The number of aromatic nitrogens is 2. The number of H-pyrrole nitrogens is 1. The van der Waals surface area contributed by atoms with Gasteiger partial charge >= 0.3 is 0 Å². The zero-order valence-electron chi connectivity index (χ0n) is 13.4. The zero-order valence-corrected chi connectivity index (χ0v) is 14.2. The van der Waals surface area contributed by atoms with Gasteiger partial charge in [0.05, 0.1) is 19.0 Å². The van der Waals surface area contributed by atoms with Gasteiger partial charge in [0.2, 0.25) is 4.80 Å². The molecule has 5 nitrogen and oxygen atoms in total. The van der Waals surface area contributed by atoms with Gasteiger partial charge in [0.15, 0.2) is 5.76 Å². The number of hydrogen-bond donors (Lipinski definition) is 1. The normalized spacial score (nSPS) is 12.4. The third-order valence-electron chi connectivity index (χ3n) is 3.75. The molecule has 0 aliphatic heterocycles. The molecule has 0 aliphatic carbocycles. The van der Waals surface area contributed by atoms with Crippen molar-refractivity contribution in [1.29, 1.82) is 0 Å². The average Bonchev–Trinajstić information content (AvgIpc) is 3.37. The lowest BCUT2D eigenvalue weighted by molar-refractivity contribution is 0.575. The van der Waals surface area contributed by atoms with Gasteiger partial charge in [-0.25, -0.2) is 4.68 Å². The van der Waals surface area contributed by atoms with Gasteiger partial charge < -0.3 is 9.40 Å². The summed E-state index contributed by atoms with van der Waals surface area (Å²) in [5, 5.41) is 7.79. The van der Waals surface area contributed by atoms with E-state index < -0.39 is 0 Å². The lowest BCUT2D eigenvalue weighted by atomic mass is 10.2. The maximum absolute atomic E-state index is 5.53. The standard InChI is InChI=1S/C19H16N4OS/c1-2-9-20-19-23(17(13-25-19)18-8-5-10-24-18)22-12-14-11-21-16-7-4-3-6-15(14)16/h2-8,10-13,21H,1,9H2. The van der Waals surface area contributed by atoms with Crippen molar-refractivity contribution in [2.75, 3.05) is 6.54 Å². The molecule has 0 bridgehead atoms. The highest BCUT2D eigenvalue weighted by molar-refractivity contribution is 7.07. The van der Waals surface area contributed by atoms with Crippen molar-refractivity contribution in [3.63, 3.8) is 0 Å². The largest absolute Gasteiger partial charge is 0.463 e. The summed E-state index contributed by atoms with van der Waals surface area (Å²) in [6.07, 6.45) is 7.21. The number of thiazole rings is 1. The predicted molar refractivity (Wildman–Crippen MR) is 102 cm³/mol. The van der Waals surface area contributed by atoms with E-state index >= 15 is 0 Å². The molecule has 4 aromatic rings. The van der Waals surface area contributed by atoms with Gasteiger partial charge in [-0.05, 0) is 18.2 Å². The fraction of sp³-hybridized carbons (Fsp3) is 0.0526. The highest BCUT2D eigenvalue weighted by atomic mass is 32.1. The topological polar surface area (TPSA) is 58.6 Å². The van der Waals surface area contributed by atoms with Crippen LogP contribution in [0, 0.1) is 0 Å². The number of furan rings is 1. The van der Waals surface area contributed by atoms with E-state index in [2.05, 4.69) is 27.7 Å². The summed E-state index contributed by atoms with van der Waals surface area (Å²) < 4.78 is 7.33. The Labute approximate surface area is 148 Å². The minimum absolute atomic E-state index is 0.542. The summed E-state index contributed by atoms with van der Waals surface area (Å²) in [5.74, 6) is 0.757. The first kappa shape index (κ1) is 15.4. The molecule has 0 radical (unpaired) electrons. The summed E-state index contributed by atoms with van der Waals surface area (Å²) in [6, 6.07) is 11.9. The number of nitrogens with one attached hydrogen (secondary N) is 1. The second-order valence-electron chi connectivity index (χ2n) is 5.36. The van der Waals surface area contributed by atoms with Crippen molar-refractivity contribution in [3.05, 3.63) is 77.3 Å². The first-order valence-electron chi connectivity index (χ1n) is 7.83. The van der Waals surface area contributed by atoms with Crippen molar-refractivity contribution in [2.24, 2.45) is 10.1 Å². The Hall–Kier alpha value is -3.12. The summed E-state index contributed by atoms with van der Waals surface area (Å²) in [6.45, 7) is 4.27. The van der Waals surface area contributed by atoms with Crippen LogP contribution in [-0.2, 0) is 0 Å². The molecule has 0 amide bonds. The number of aromatic amines is 1. The molecule has 4 rings (SSSR count). The summed E-state index contributed by atoms with van der Waals surface area (Å²) in [5.41, 5.74) is 2.98. The van der Waals surface area contributed by atoms with Crippen LogP contribution < -0.4 is 4.80 Å². The molecule has 6 heteroatoms. The Morgan fingerprint density at radius 3 is 3.00 bits per heavy atom. The molecule has 3 heterocycles. The number of hydrogen-bond acceptors (Lipinski definition) is 4. The molecule has 0 saturated carbocycles. The van der Waals surface area contributed by atoms with Crippen LogP contribution >= 0.6 is 11.3 Å². The van der Waals surface area contributed by atoms with Crippen LogP contribution in [0.1, 0.15) is 5.56 Å². The molecule has 3 aromatic heterocycles. The molecular weight excluding hydrogens is 332 g/mol. The van der Waals surface area contributed by atoms with Gasteiger partial charge in [0.1, 0.15) is 5.69 Å². The molecule has 0 fully saturated rings. The van der Waals surface area contributed by atoms with Crippen molar-refractivity contribution < 1.29 is 4.42 Å². The quantitative estimate of drug-likeness (QED) is 0.425. The molecule has 0 atom stereocenters. The number of fused-ring (bicyclic) bond motifs is 1.